The van der Waals surface area contributed by atoms with Gasteiger partial charge in [0.25, 0.3) is 5.82 Å². The second kappa shape index (κ2) is 5.15. The van der Waals surface area contributed by atoms with Gasteiger partial charge in [0, 0.05) is 0 Å². The maximum Gasteiger partial charge on any atom is 0.453 e. The van der Waals surface area contributed by atoms with Crippen LogP contribution in [0.1, 0.15) is 17.4 Å². The molecule has 0 fully saturated rings. The second-order valence-corrected chi connectivity index (χ2v) is 4.90. The summed E-state index contributed by atoms with van der Waals surface area (Å²) in [4.78, 5) is 14.4. The van der Waals surface area contributed by atoms with Gasteiger partial charge in [0.05, 0.1) is 0 Å². The number of rotatable bonds is 2. The van der Waals surface area contributed by atoms with Crippen LogP contribution in [0.15, 0.2) is 30.0 Å². The number of nitrogens with one attached hydrogen (secondary N) is 1. The lowest BCUT2D eigenvalue weighted by atomic mass is 10.0. The standard InChI is InChI=1S/C13H9F3N4O4/c14-13(15,16)11-18-12-17-6(10(23)24)4-7(20(12)19-11)5-1-2-8(21)9(22)3-5/h1-4,7,21-22H,(H,23,24)(H,17,18,19)/t7-/m0/s1. The van der Waals surface area contributed by atoms with E-state index in [9.17, 15) is 28.2 Å². The van der Waals surface area contributed by atoms with Crippen LogP contribution in [0.3, 0.4) is 0 Å². The Kier molecular flexibility index (Phi) is 3.36. The number of carbonyl (C=O) groups is 1. The summed E-state index contributed by atoms with van der Waals surface area (Å²) in [6.45, 7) is 0. The summed E-state index contributed by atoms with van der Waals surface area (Å²) in [7, 11) is 0. The number of aromatic nitrogens is 3. The van der Waals surface area contributed by atoms with E-state index < -0.39 is 41.5 Å². The largest absolute Gasteiger partial charge is 0.504 e. The highest BCUT2D eigenvalue weighted by atomic mass is 19.4. The number of nitrogens with zero attached hydrogens (tertiary/aromatic N) is 3. The number of halogens is 3. The van der Waals surface area contributed by atoms with Gasteiger partial charge in [-0.15, -0.1) is 5.10 Å². The number of carboxylic acid groups (broad SMARTS) is 1. The van der Waals surface area contributed by atoms with Crippen molar-refractivity contribution in [1.82, 2.24) is 14.8 Å². The molecular weight excluding hydrogens is 333 g/mol. The highest BCUT2D eigenvalue weighted by molar-refractivity contribution is 5.90. The summed E-state index contributed by atoms with van der Waals surface area (Å²) >= 11 is 0. The van der Waals surface area contributed by atoms with Crippen molar-refractivity contribution < 1.29 is 33.3 Å². The molecule has 4 N–H and O–H groups in total. The Hall–Kier alpha value is -3.24. The minimum Gasteiger partial charge on any atom is -0.504 e. The van der Waals surface area contributed by atoms with E-state index in [4.69, 9.17) is 5.11 Å². The van der Waals surface area contributed by atoms with E-state index >= 15 is 0 Å². The first-order valence-corrected chi connectivity index (χ1v) is 6.44. The van der Waals surface area contributed by atoms with Crippen molar-refractivity contribution in [2.24, 2.45) is 0 Å². The third-order valence-corrected chi connectivity index (χ3v) is 3.29. The molecule has 24 heavy (non-hydrogen) atoms. The number of phenols is 2. The molecule has 11 heteroatoms. The van der Waals surface area contributed by atoms with Gasteiger partial charge < -0.3 is 20.6 Å². The molecule has 0 radical (unpaired) electrons. The number of phenolic OH excluding ortho intramolecular Hbond substituents is 2. The van der Waals surface area contributed by atoms with Gasteiger partial charge >= 0.3 is 12.1 Å². The fraction of sp³-hybridized carbons (Fsp3) is 0.154. The molecule has 0 unspecified atom stereocenters. The van der Waals surface area contributed by atoms with Crippen molar-refractivity contribution >= 4 is 11.9 Å². The van der Waals surface area contributed by atoms with E-state index in [0.717, 1.165) is 22.9 Å². The molecule has 0 bridgehead atoms. The molecule has 1 aliphatic rings. The summed E-state index contributed by atoms with van der Waals surface area (Å²) in [6.07, 6.45) is -3.69. The third kappa shape index (κ3) is 2.59. The third-order valence-electron chi connectivity index (χ3n) is 3.29. The molecule has 3 rings (SSSR count). The first-order valence-electron chi connectivity index (χ1n) is 6.44. The second-order valence-electron chi connectivity index (χ2n) is 4.90. The number of aromatic hydroxyl groups is 2. The lowest BCUT2D eigenvalue weighted by Crippen LogP contribution is -2.24. The van der Waals surface area contributed by atoms with E-state index in [1.807, 2.05) is 0 Å². The molecule has 1 aromatic carbocycles. The SMILES string of the molecule is O=C(O)C1=C[C@@H](c2ccc(O)c(O)c2)n2nc(C(F)(F)F)nc2N1. The molecule has 0 saturated carbocycles. The number of carboxylic acids is 1. The van der Waals surface area contributed by atoms with Crippen LogP contribution in [-0.4, -0.2) is 36.1 Å². The summed E-state index contributed by atoms with van der Waals surface area (Å²) in [5, 5.41) is 33.6. The van der Waals surface area contributed by atoms with Gasteiger partial charge in [-0.2, -0.15) is 18.2 Å². The predicted octanol–water partition coefficient (Wildman–Crippen LogP) is 1.69. The van der Waals surface area contributed by atoms with Gasteiger partial charge in [-0.3, -0.25) is 0 Å². The van der Waals surface area contributed by atoms with E-state index in [-0.39, 0.29) is 11.3 Å². The number of benzene rings is 1. The molecule has 0 saturated heterocycles. The maximum absolute atomic E-state index is 12.8. The average Bonchev–Trinajstić information content (AvgIpc) is 2.93. The van der Waals surface area contributed by atoms with E-state index in [0.29, 0.717) is 0 Å². The van der Waals surface area contributed by atoms with Crippen LogP contribution in [0.25, 0.3) is 0 Å². The number of hydrogen-bond acceptors (Lipinski definition) is 6. The monoisotopic (exact) mass is 342 g/mol. The van der Waals surface area contributed by atoms with Gasteiger partial charge in [-0.25, -0.2) is 9.48 Å². The first kappa shape index (κ1) is 15.6. The fourth-order valence-electron chi connectivity index (χ4n) is 2.20. The van der Waals surface area contributed by atoms with Crippen molar-refractivity contribution in [2.75, 3.05) is 5.32 Å². The Morgan fingerprint density at radius 2 is 1.96 bits per heavy atom. The van der Waals surface area contributed by atoms with Gasteiger partial charge in [-0.1, -0.05) is 6.07 Å². The Balaban J connectivity index is 2.15. The van der Waals surface area contributed by atoms with Crippen LogP contribution < -0.4 is 5.32 Å². The van der Waals surface area contributed by atoms with Crippen molar-refractivity contribution in [3.8, 4) is 11.5 Å². The molecule has 1 atom stereocenters. The van der Waals surface area contributed by atoms with Gasteiger partial charge in [0.15, 0.2) is 11.5 Å². The Morgan fingerprint density at radius 3 is 2.54 bits per heavy atom. The number of hydrogen-bond donors (Lipinski definition) is 4. The predicted molar refractivity (Wildman–Crippen MR) is 72.3 cm³/mol. The summed E-state index contributed by atoms with van der Waals surface area (Å²) < 4.78 is 39.3. The number of aliphatic carboxylic acids is 1. The van der Waals surface area contributed by atoms with E-state index in [2.05, 4.69) is 15.4 Å². The molecule has 8 nitrogen and oxygen atoms in total. The zero-order valence-corrected chi connectivity index (χ0v) is 11.6. The minimum absolute atomic E-state index is 0.213. The molecule has 0 aliphatic carbocycles. The van der Waals surface area contributed by atoms with Crippen LogP contribution in [-0.2, 0) is 11.0 Å². The number of allylic oxidation sites excluding steroid dienone is 1. The van der Waals surface area contributed by atoms with Crippen molar-refractivity contribution in [3.63, 3.8) is 0 Å². The van der Waals surface area contributed by atoms with Gasteiger partial charge in [0.2, 0.25) is 5.95 Å². The quantitative estimate of drug-likeness (QED) is 0.613. The highest BCUT2D eigenvalue weighted by Gasteiger charge is 2.39. The fourth-order valence-corrected chi connectivity index (χ4v) is 2.20. The molecular formula is C13H9F3N4O4. The normalized spacial score (nSPS) is 17.0. The lowest BCUT2D eigenvalue weighted by Gasteiger charge is -2.22. The first-order chi connectivity index (χ1) is 11.2. The average molecular weight is 342 g/mol. The maximum atomic E-state index is 12.8. The van der Waals surface area contributed by atoms with Crippen molar-refractivity contribution in [3.05, 3.63) is 41.4 Å². The number of alkyl halides is 3. The van der Waals surface area contributed by atoms with E-state index in [1.165, 1.54) is 6.07 Å². The van der Waals surface area contributed by atoms with Crippen LogP contribution in [0.2, 0.25) is 0 Å². The van der Waals surface area contributed by atoms with Gasteiger partial charge in [0.1, 0.15) is 11.7 Å². The lowest BCUT2D eigenvalue weighted by molar-refractivity contribution is -0.145. The highest BCUT2D eigenvalue weighted by Crippen LogP contribution is 2.35. The Bertz CT molecular complexity index is 859. The van der Waals surface area contributed by atoms with Gasteiger partial charge in [-0.05, 0) is 23.8 Å². The molecule has 1 aliphatic heterocycles. The Labute approximate surface area is 131 Å². The van der Waals surface area contributed by atoms with Crippen LogP contribution in [0, 0.1) is 0 Å². The van der Waals surface area contributed by atoms with Crippen LogP contribution >= 0.6 is 0 Å². The molecule has 2 heterocycles. The van der Waals surface area contributed by atoms with Crippen LogP contribution in [0.5, 0.6) is 11.5 Å². The zero-order valence-electron chi connectivity index (χ0n) is 11.6. The smallest absolute Gasteiger partial charge is 0.453 e. The van der Waals surface area contributed by atoms with Crippen molar-refractivity contribution in [1.29, 1.82) is 0 Å². The number of anilines is 1. The minimum atomic E-state index is -4.81. The summed E-state index contributed by atoms with van der Waals surface area (Å²) in [5.74, 6) is -4.16. The molecule has 1 aromatic heterocycles. The van der Waals surface area contributed by atoms with Crippen LogP contribution in [0.4, 0.5) is 19.1 Å². The van der Waals surface area contributed by atoms with Crippen molar-refractivity contribution in [2.45, 2.75) is 12.2 Å². The molecule has 2 aromatic rings. The number of fused-ring (bicyclic) bond motifs is 1. The Morgan fingerprint density at radius 1 is 1.25 bits per heavy atom. The van der Waals surface area contributed by atoms with E-state index in [1.54, 1.807) is 0 Å². The topological polar surface area (TPSA) is 120 Å². The zero-order chi connectivity index (χ0) is 17.6. The molecule has 0 amide bonds. The summed E-state index contributed by atoms with van der Waals surface area (Å²) in [5.41, 5.74) is -0.174. The molecule has 126 valence electrons. The molecule has 0 spiro atoms. The summed E-state index contributed by atoms with van der Waals surface area (Å²) in [6, 6.07) is 2.48.